The van der Waals surface area contributed by atoms with E-state index >= 15 is 0 Å². The lowest BCUT2D eigenvalue weighted by atomic mass is 9.78. The summed E-state index contributed by atoms with van der Waals surface area (Å²) in [5, 5.41) is 1.33. The number of fused-ring (bicyclic) bond motifs is 1. The zero-order chi connectivity index (χ0) is 18.5. The van der Waals surface area contributed by atoms with Crippen molar-refractivity contribution in [1.29, 1.82) is 0 Å². The molecule has 1 aliphatic rings. The molecule has 138 valence electrons. The first-order valence-corrected chi connectivity index (χ1v) is 12.3. The number of thiophene rings is 1. The molecule has 2 nitrogen and oxygen atoms in total. The average Bonchev–Trinajstić information content (AvgIpc) is 3.08. The highest BCUT2D eigenvalue weighted by molar-refractivity contribution is 8.34. The van der Waals surface area contributed by atoms with Crippen LogP contribution < -0.4 is 5.46 Å². The second kappa shape index (κ2) is 6.59. The van der Waals surface area contributed by atoms with Crippen LogP contribution >= 0.6 is 21.4 Å². The van der Waals surface area contributed by atoms with Crippen molar-refractivity contribution in [2.24, 2.45) is 0 Å². The molecule has 1 saturated heterocycles. The molecule has 1 aromatic carbocycles. The molecular weight excluding hydrogens is 347 g/mol. The third-order valence-electron chi connectivity index (χ3n) is 6.14. The summed E-state index contributed by atoms with van der Waals surface area (Å²) in [6.07, 6.45) is 0. The van der Waals surface area contributed by atoms with Crippen molar-refractivity contribution in [3.05, 3.63) is 24.3 Å². The Bertz CT molecular complexity index is 738. The van der Waals surface area contributed by atoms with Crippen LogP contribution in [0.5, 0.6) is 0 Å². The van der Waals surface area contributed by atoms with Crippen LogP contribution in [0.2, 0.25) is 0 Å². The van der Waals surface area contributed by atoms with Gasteiger partial charge in [-0.05, 0) is 56.4 Å². The molecule has 1 aliphatic heterocycles. The van der Waals surface area contributed by atoms with Crippen molar-refractivity contribution in [1.82, 2.24) is 0 Å². The molecular formula is C20H31BO2S2. The van der Waals surface area contributed by atoms with Crippen molar-refractivity contribution in [3.63, 3.8) is 0 Å². The highest BCUT2D eigenvalue weighted by Gasteiger charge is 2.52. The summed E-state index contributed by atoms with van der Waals surface area (Å²) >= 11 is 1.97. The van der Waals surface area contributed by atoms with Crippen LogP contribution in [0, 0.1) is 0 Å². The SMILES string of the molecule is CCS(CC)(CC)c1cc2cccc(B3OC(C)(C)C(C)(C)O3)c2s1. The third-order valence-corrected chi connectivity index (χ3v) is 12.7. The minimum Gasteiger partial charge on any atom is -0.399 e. The highest BCUT2D eigenvalue weighted by Crippen LogP contribution is 2.58. The third kappa shape index (κ3) is 3.07. The van der Waals surface area contributed by atoms with Gasteiger partial charge in [0.25, 0.3) is 0 Å². The zero-order valence-corrected chi connectivity index (χ0v) is 18.3. The van der Waals surface area contributed by atoms with E-state index in [-0.39, 0.29) is 18.3 Å². The lowest BCUT2D eigenvalue weighted by Gasteiger charge is -2.36. The van der Waals surface area contributed by atoms with Crippen molar-refractivity contribution in [3.8, 4) is 0 Å². The van der Waals surface area contributed by atoms with E-state index in [1.807, 2.05) is 11.3 Å². The predicted octanol–water partition coefficient (Wildman–Crippen LogP) is 5.42. The van der Waals surface area contributed by atoms with Crippen LogP contribution in [0.4, 0.5) is 0 Å². The van der Waals surface area contributed by atoms with Crippen molar-refractivity contribution in [2.45, 2.75) is 63.9 Å². The van der Waals surface area contributed by atoms with Crippen LogP contribution in [0.1, 0.15) is 48.5 Å². The Morgan fingerprint density at radius 1 is 0.960 bits per heavy atom. The van der Waals surface area contributed by atoms with E-state index in [9.17, 15) is 0 Å². The number of hydrogen-bond acceptors (Lipinski definition) is 3. The minimum atomic E-state index is -0.700. The largest absolute Gasteiger partial charge is 0.496 e. The fraction of sp³-hybridized carbons (Fsp3) is 0.600. The van der Waals surface area contributed by atoms with E-state index in [2.05, 4.69) is 72.7 Å². The fourth-order valence-electron chi connectivity index (χ4n) is 3.47. The quantitative estimate of drug-likeness (QED) is 0.647. The van der Waals surface area contributed by atoms with Crippen molar-refractivity contribution >= 4 is 44.0 Å². The molecule has 1 fully saturated rings. The lowest BCUT2D eigenvalue weighted by molar-refractivity contribution is 0.00578. The molecule has 25 heavy (non-hydrogen) atoms. The zero-order valence-electron chi connectivity index (χ0n) is 16.6. The molecule has 0 saturated carbocycles. The van der Waals surface area contributed by atoms with E-state index < -0.39 is 10.0 Å². The van der Waals surface area contributed by atoms with Crippen LogP contribution in [0.25, 0.3) is 10.1 Å². The summed E-state index contributed by atoms with van der Waals surface area (Å²) in [6.45, 7) is 15.5. The molecule has 2 heterocycles. The maximum absolute atomic E-state index is 6.32. The van der Waals surface area contributed by atoms with Gasteiger partial charge in [0, 0.05) is 14.4 Å². The monoisotopic (exact) mass is 378 g/mol. The van der Waals surface area contributed by atoms with Gasteiger partial charge in [-0.15, -0.1) is 11.3 Å². The fourth-order valence-corrected chi connectivity index (χ4v) is 8.86. The van der Waals surface area contributed by atoms with Gasteiger partial charge >= 0.3 is 7.12 Å². The lowest BCUT2D eigenvalue weighted by Crippen LogP contribution is -2.41. The summed E-state index contributed by atoms with van der Waals surface area (Å²) in [7, 11) is -0.983. The van der Waals surface area contributed by atoms with Gasteiger partial charge in [-0.3, -0.25) is 0 Å². The van der Waals surface area contributed by atoms with Crippen LogP contribution in [0.15, 0.2) is 28.5 Å². The van der Waals surface area contributed by atoms with E-state index in [1.165, 1.54) is 32.8 Å². The first-order chi connectivity index (χ1) is 11.7. The second-order valence-electron chi connectivity index (χ2n) is 7.83. The van der Waals surface area contributed by atoms with E-state index in [0.717, 1.165) is 0 Å². The van der Waals surface area contributed by atoms with E-state index in [1.54, 1.807) is 4.21 Å². The standard InChI is InChI=1S/C20H31BO2S2/c1-8-25(9-2,10-3)17-14-15-12-11-13-16(18(15)24-17)21-22-19(4,5)20(6,7)23-21/h11-14H,8-10H2,1-7H3. The Morgan fingerprint density at radius 3 is 2.04 bits per heavy atom. The molecule has 0 radical (unpaired) electrons. The van der Waals surface area contributed by atoms with Gasteiger partial charge in [-0.1, -0.05) is 39.0 Å². The molecule has 1 aromatic heterocycles. The van der Waals surface area contributed by atoms with Crippen molar-refractivity contribution < 1.29 is 9.31 Å². The molecule has 0 N–H and O–H groups in total. The molecule has 0 amide bonds. The topological polar surface area (TPSA) is 18.5 Å². The molecule has 0 atom stereocenters. The molecule has 0 aliphatic carbocycles. The van der Waals surface area contributed by atoms with Crippen LogP contribution in [0.3, 0.4) is 0 Å². The smallest absolute Gasteiger partial charge is 0.399 e. The molecule has 0 unspecified atom stereocenters. The molecule has 0 bridgehead atoms. The maximum Gasteiger partial charge on any atom is 0.496 e. The average molecular weight is 378 g/mol. The Hall–Kier alpha value is -0.485. The van der Waals surface area contributed by atoms with Gasteiger partial charge < -0.3 is 9.31 Å². The van der Waals surface area contributed by atoms with Gasteiger partial charge in [0.2, 0.25) is 0 Å². The predicted molar refractivity (Wildman–Crippen MR) is 115 cm³/mol. The molecule has 3 rings (SSSR count). The Kier molecular flexibility index (Phi) is 5.09. The highest BCUT2D eigenvalue weighted by atomic mass is 32.3. The first kappa shape index (κ1) is 19.3. The van der Waals surface area contributed by atoms with Crippen LogP contribution in [-0.4, -0.2) is 35.6 Å². The molecule has 2 aromatic rings. The Balaban J connectivity index is 2.07. The van der Waals surface area contributed by atoms with Gasteiger partial charge in [-0.2, -0.15) is 0 Å². The van der Waals surface area contributed by atoms with Gasteiger partial charge in [0.15, 0.2) is 0 Å². The summed E-state index contributed by atoms with van der Waals surface area (Å²) in [4.78, 5) is 0. The van der Waals surface area contributed by atoms with E-state index in [0.29, 0.717) is 0 Å². The van der Waals surface area contributed by atoms with Gasteiger partial charge in [0.1, 0.15) is 0 Å². The molecule has 5 heteroatoms. The molecule has 0 spiro atoms. The Labute approximate surface area is 158 Å². The second-order valence-corrected chi connectivity index (χ2v) is 13.4. The summed E-state index contributed by atoms with van der Waals surface area (Å²) < 4.78 is 15.6. The van der Waals surface area contributed by atoms with Gasteiger partial charge in [0.05, 0.1) is 11.2 Å². The Morgan fingerprint density at radius 2 is 1.52 bits per heavy atom. The summed E-state index contributed by atoms with van der Waals surface area (Å²) in [6, 6.07) is 8.97. The number of benzene rings is 1. The number of rotatable bonds is 5. The maximum atomic E-state index is 6.32. The van der Waals surface area contributed by atoms with E-state index in [4.69, 9.17) is 9.31 Å². The van der Waals surface area contributed by atoms with Crippen molar-refractivity contribution in [2.75, 3.05) is 17.3 Å². The minimum absolute atomic E-state index is 0.283. The first-order valence-electron chi connectivity index (χ1n) is 9.34. The van der Waals surface area contributed by atoms with Crippen LogP contribution in [-0.2, 0) is 9.31 Å². The summed E-state index contributed by atoms with van der Waals surface area (Å²) in [5.41, 5.74) is 0.583. The van der Waals surface area contributed by atoms with Gasteiger partial charge in [-0.25, -0.2) is 10.0 Å². The normalized spacial score (nSPS) is 20.4. The number of hydrogen-bond donors (Lipinski definition) is 0. The summed E-state index contributed by atoms with van der Waals surface area (Å²) in [5.74, 6) is 3.79.